The Kier molecular flexibility index (Phi) is 6.24. The minimum atomic E-state index is 0.108. The van der Waals surface area contributed by atoms with Crippen LogP contribution in [0.4, 0.5) is 0 Å². The van der Waals surface area contributed by atoms with Crippen LogP contribution in [-0.4, -0.2) is 15.8 Å². The molecule has 0 fully saturated rings. The number of aromatic nitrogens is 2. The number of hydrogen-bond acceptors (Lipinski definition) is 2. The zero-order valence-electron chi connectivity index (χ0n) is 11.5. The van der Waals surface area contributed by atoms with E-state index in [0.717, 1.165) is 42.2 Å². The number of nitrogens with zero attached hydrogens (tertiary/aromatic N) is 2. The molecule has 4 heteroatoms. The fourth-order valence-corrected chi connectivity index (χ4v) is 2.27. The number of aryl methyl sites for hydroxylation is 2. The van der Waals surface area contributed by atoms with Gasteiger partial charge in [0.1, 0.15) is 0 Å². The van der Waals surface area contributed by atoms with Crippen molar-refractivity contribution >= 4 is 11.6 Å². The first kappa shape index (κ1) is 15.1. The van der Waals surface area contributed by atoms with Crippen molar-refractivity contribution in [3.05, 3.63) is 16.4 Å². The summed E-state index contributed by atoms with van der Waals surface area (Å²) in [5, 5.41) is 8.62. The molecule has 0 aliphatic heterocycles. The average molecular weight is 268 g/mol. The molecule has 0 amide bonds. The van der Waals surface area contributed by atoms with E-state index in [1.54, 1.807) is 0 Å². The second-order valence-electron chi connectivity index (χ2n) is 4.27. The van der Waals surface area contributed by atoms with E-state index in [1.807, 2.05) is 4.68 Å². The van der Waals surface area contributed by atoms with Gasteiger partial charge in [-0.15, -0.1) is 6.42 Å². The second-order valence-corrected chi connectivity index (χ2v) is 4.64. The first-order chi connectivity index (χ1) is 8.67. The Morgan fingerprint density at radius 1 is 1.44 bits per heavy atom. The molecule has 0 saturated carbocycles. The van der Waals surface area contributed by atoms with E-state index in [-0.39, 0.29) is 6.04 Å². The highest BCUT2D eigenvalue weighted by Crippen LogP contribution is 2.21. The maximum absolute atomic E-state index is 6.34. The highest BCUT2D eigenvalue weighted by atomic mass is 35.5. The molecule has 0 aromatic carbocycles. The van der Waals surface area contributed by atoms with E-state index in [0.29, 0.717) is 6.54 Å². The smallest absolute Gasteiger partial charge is 0.0863 e. The average Bonchev–Trinajstić information content (AvgIpc) is 2.70. The van der Waals surface area contributed by atoms with Gasteiger partial charge in [0, 0.05) is 13.1 Å². The molecule has 0 bridgehead atoms. The number of rotatable bonds is 7. The molecule has 100 valence electrons. The fourth-order valence-electron chi connectivity index (χ4n) is 1.94. The lowest BCUT2D eigenvalue weighted by atomic mass is 10.2. The van der Waals surface area contributed by atoms with Gasteiger partial charge >= 0.3 is 0 Å². The van der Waals surface area contributed by atoms with E-state index in [9.17, 15) is 0 Å². The van der Waals surface area contributed by atoms with Crippen molar-refractivity contribution in [2.75, 3.05) is 0 Å². The van der Waals surface area contributed by atoms with Crippen molar-refractivity contribution in [2.45, 2.75) is 59.2 Å². The maximum atomic E-state index is 6.34. The van der Waals surface area contributed by atoms with Crippen molar-refractivity contribution in [3.63, 3.8) is 0 Å². The van der Waals surface area contributed by atoms with E-state index in [1.165, 1.54) is 0 Å². The zero-order valence-corrected chi connectivity index (χ0v) is 12.2. The standard InChI is InChI=1S/C14H22ClN3/c1-5-9-11(6-2)16-10-13-14(15)12(7-3)17-18(13)8-4/h2,11,16H,5,7-10H2,1,3-4H3. The third-order valence-corrected chi connectivity index (χ3v) is 3.42. The van der Waals surface area contributed by atoms with Crippen LogP contribution in [0.25, 0.3) is 0 Å². The Morgan fingerprint density at radius 3 is 2.67 bits per heavy atom. The maximum Gasteiger partial charge on any atom is 0.0863 e. The van der Waals surface area contributed by atoms with Crippen LogP contribution in [-0.2, 0) is 19.5 Å². The fraction of sp³-hybridized carbons (Fsp3) is 0.643. The van der Waals surface area contributed by atoms with Gasteiger partial charge < -0.3 is 0 Å². The number of terminal acetylenes is 1. The topological polar surface area (TPSA) is 29.9 Å². The summed E-state index contributed by atoms with van der Waals surface area (Å²) >= 11 is 6.34. The molecule has 3 nitrogen and oxygen atoms in total. The Balaban J connectivity index is 2.77. The molecular weight excluding hydrogens is 246 g/mol. The first-order valence-corrected chi connectivity index (χ1v) is 6.99. The summed E-state index contributed by atoms with van der Waals surface area (Å²) in [6.45, 7) is 7.76. The van der Waals surface area contributed by atoms with Gasteiger partial charge in [-0.2, -0.15) is 5.10 Å². The molecule has 1 unspecified atom stereocenters. The third kappa shape index (κ3) is 3.51. The van der Waals surface area contributed by atoms with Gasteiger partial charge in [-0.25, -0.2) is 0 Å². The second kappa shape index (κ2) is 7.45. The van der Waals surface area contributed by atoms with E-state index in [2.05, 4.69) is 37.1 Å². The van der Waals surface area contributed by atoms with E-state index >= 15 is 0 Å². The summed E-state index contributed by atoms with van der Waals surface area (Å²) in [6.07, 6.45) is 8.40. The van der Waals surface area contributed by atoms with Crippen molar-refractivity contribution in [2.24, 2.45) is 0 Å². The van der Waals surface area contributed by atoms with Crippen molar-refractivity contribution in [3.8, 4) is 12.3 Å². The summed E-state index contributed by atoms with van der Waals surface area (Å²) in [6, 6.07) is 0.108. The lowest BCUT2D eigenvalue weighted by Crippen LogP contribution is -2.28. The predicted molar refractivity (Wildman–Crippen MR) is 76.7 cm³/mol. The van der Waals surface area contributed by atoms with Crippen LogP contribution in [0.5, 0.6) is 0 Å². The van der Waals surface area contributed by atoms with Crippen molar-refractivity contribution < 1.29 is 0 Å². The van der Waals surface area contributed by atoms with Gasteiger partial charge in [-0.1, -0.05) is 37.8 Å². The lowest BCUT2D eigenvalue weighted by molar-refractivity contribution is 0.527. The largest absolute Gasteiger partial charge is 0.298 e. The SMILES string of the molecule is C#CC(CCC)NCc1c(Cl)c(CC)nn1CC. The van der Waals surface area contributed by atoms with Crippen molar-refractivity contribution in [1.29, 1.82) is 0 Å². The molecule has 18 heavy (non-hydrogen) atoms. The molecule has 0 saturated heterocycles. The van der Waals surface area contributed by atoms with Crippen LogP contribution in [0.15, 0.2) is 0 Å². The van der Waals surface area contributed by atoms with Gasteiger partial charge in [-0.05, 0) is 19.8 Å². The number of halogens is 1. The summed E-state index contributed by atoms with van der Waals surface area (Å²) in [5.74, 6) is 2.77. The van der Waals surface area contributed by atoms with Crippen LogP contribution < -0.4 is 5.32 Å². The lowest BCUT2D eigenvalue weighted by Gasteiger charge is -2.12. The molecule has 1 aromatic rings. The van der Waals surface area contributed by atoms with Gasteiger partial charge in [0.15, 0.2) is 0 Å². The molecule has 0 spiro atoms. The number of hydrogen-bond donors (Lipinski definition) is 1. The van der Waals surface area contributed by atoms with Crippen LogP contribution in [0, 0.1) is 12.3 Å². The molecule has 1 atom stereocenters. The van der Waals surface area contributed by atoms with E-state index < -0.39 is 0 Å². The minimum absolute atomic E-state index is 0.108. The molecule has 1 heterocycles. The molecule has 1 rings (SSSR count). The molecule has 1 N–H and O–H groups in total. The molecule has 0 radical (unpaired) electrons. The Bertz CT molecular complexity index is 417. The van der Waals surface area contributed by atoms with E-state index in [4.69, 9.17) is 18.0 Å². The zero-order chi connectivity index (χ0) is 13.5. The monoisotopic (exact) mass is 267 g/mol. The number of nitrogens with one attached hydrogen (secondary N) is 1. The van der Waals surface area contributed by atoms with Crippen LogP contribution in [0.3, 0.4) is 0 Å². The summed E-state index contributed by atoms with van der Waals surface area (Å²) in [4.78, 5) is 0. The predicted octanol–water partition coefficient (Wildman–Crippen LogP) is 3.01. The normalized spacial score (nSPS) is 12.4. The molecule has 0 aliphatic carbocycles. The van der Waals surface area contributed by atoms with Crippen LogP contribution in [0.2, 0.25) is 5.02 Å². The molecular formula is C14H22ClN3. The quantitative estimate of drug-likeness (QED) is 0.770. The minimum Gasteiger partial charge on any atom is -0.298 e. The van der Waals surface area contributed by atoms with Gasteiger partial charge in [0.05, 0.1) is 22.5 Å². The molecule has 1 aromatic heterocycles. The van der Waals surface area contributed by atoms with Gasteiger partial charge in [0.2, 0.25) is 0 Å². The third-order valence-electron chi connectivity index (χ3n) is 2.99. The van der Waals surface area contributed by atoms with Crippen molar-refractivity contribution in [1.82, 2.24) is 15.1 Å². The van der Waals surface area contributed by atoms with Crippen LogP contribution >= 0.6 is 11.6 Å². The van der Waals surface area contributed by atoms with Gasteiger partial charge in [-0.3, -0.25) is 10.00 Å². The van der Waals surface area contributed by atoms with Gasteiger partial charge in [0.25, 0.3) is 0 Å². The summed E-state index contributed by atoms with van der Waals surface area (Å²) in [7, 11) is 0. The Morgan fingerprint density at radius 2 is 2.17 bits per heavy atom. The first-order valence-electron chi connectivity index (χ1n) is 6.61. The summed E-state index contributed by atoms with van der Waals surface area (Å²) < 4.78 is 1.95. The Labute approximate surface area is 115 Å². The van der Waals surface area contributed by atoms with Crippen LogP contribution in [0.1, 0.15) is 45.0 Å². The summed E-state index contributed by atoms with van der Waals surface area (Å²) in [5.41, 5.74) is 2.00. The highest BCUT2D eigenvalue weighted by Gasteiger charge is 2.14. The highest BCUT2D eigenvalue weighted by molar-refractivity contribution is 6.31. The molecule has 0 aliphatic rings. The Hall–Kier alpha value is -0.980.